The number of nitrogens with zero attached hydrogens (tertiary/aromatic N) is 1. The topological polar surface area (TPSA) is 57.8 Å². The fourth-order valence-electron chi connectivity index (χ4n) is 4.16. The van der Waals surface area contributed by atoms with Crippen molar-refractivity contribution in [3.63, 3.8) is 0 Å². The van der Waals surface area contributed by atoms with E-state index >= 15 is 0 Å². The van der Waals surface area contributed by atoms with E-state index in [4.69, 9.17) is 0 Å². The molecule has 0 aliphatic heterocycles. The highest BCUT2D eigenvalue weighted by molar-refractivity contribution is 9.10. The molecule has 3 saturated carbocycles. The average molecular weight is 296 g/mol. The van der Waals surface area contributed by atoms with Crippen LogP contribution in [0.4, 0.5) is 5.82 Å². The molecule has 1 aromatic rings. The Morgan fingerprint density at radius 3 is 2.76 bits per heavy atom. The fraction of sp³-hybridized carbons (Fsp3) is 0.667. The highest BCUT2D eigenvalue weighted by atomic mass is 79.9. The minimum absolute atomic E-state index is 0.115. The summed E-state index contributed by atoms with van der Waals surface area (Å²) in [7, 11) is 0. The standard InChI is InChI=1S/C12H14BrN3O/c13-9-11(14-4-15-12(9)17)16-10-7-5-1-2-6(3-5)8(7)10/h4-8,10H,1-3H2,(H2,14,15,16,17). The maximum absolute atomic E-state index is 11.4. The maximum Gasteiger partial charge on any atom is 0.267 e. The molecule has 4 atom stereocenters. The molecule has 90 valence electrons. The van der Waals surface area contributed by atoms with Crippen molar-refractivity contribution in [3.05, 3.63) is 21.2 Å². The summed E-state index contributed by atoms with van der Waals surface area (Å²) < 4.78 is 0.525. The SMILES string of the molecule is O=c1[nH]cnc(NC2C3C4CCC(C4)C23)c1Br. The summed E-state index contributed by atoms with van der Waals surface area (Å²) in [5.74, 6) is 4.27. The molecule has 1 aromatic heterocycles. The van der Waals surface area contributed by atoms with Crippen LogP contribution in [0.5, 0.6) is 0 Å². The predicted molar refractivity (Wildman–Crippen MR) is 67.8 cm³/mol. The average Bonchev–Trinajstić information content (AvgIpc) is 2.72. The van der Waals surface area contributed by atoms with Crippen LogP contribution in [-0.4, -0.2) is 16.0 Å². The van der Waals surface area contributed by atoms with Crippen molar-refractivity contribution in [2.45, 2.75) is 25.3 Å². The van der Waals surface area contributed by atoms with Gasteiger partial charge in [-0.25, -0.2) is 4.98 Å². The van der Waals surface area contributed by atoms with Gasteiger partial charge in [0.1, 0.15) is 10.3 Å². The summed E-state index contributed by atoms with van der Waals surface area (Å²) in [5.41, 5.74) is -0.115. The lowest BCUT2D eigenvalue weighted by atomic mass is 10.0. The van der Waals surface area contributed by atoms with E-state index in [0.717, 1.165) is 23.7 Å². The van der Waals surface area contributed by atoms with E-state index in [1.807, 2.05) is 0 Å². The Kier molecular flexibility index (Phi) is 1.99. The summed E-state index contributed by atoms with van der Waals surface area (Å²) in [5, 5.41) is 3.45. The molecular formula is C12H14BrN3O. The van der Waals surface area contributed by atoms with Crippen LogP contribution in [-0.2, 0) is 0 Å². The van der Waals surface area contributed by atoms with Crippen LogP contribution < -0.4 is 10.9 Å². The van der Waals surface area contributed by atoms with E-state index < -0.39 is 0 Å². The first-order valence-corrected chi connectivity index (χ1v) is 7.04. The summed E-state index contributed by atoms with van der Waals surface area (Å²) in [6.07, 6.45) is 5.72. The second kappa shape index (κ2) is 3.34. The number of halogens is 1. The van der Waals surface area contributed by atoms with Gasteiger partial charge in [0.15, 0.2) is 0 Å². The minimum Gasteiger partial charge on any atom is -0.366 e. The lowest BCUT2D eigenvalue weighted by molar-refractivity contribution is 0.456. The third-order valence-corrected chi connectivity index (χ3v) is 5.57. The van der Waals surface area contributed by atoms with Gasteiger partial charge in [-0.1, -0.05) is 0 Å². The van der Waals surface area contributed by atoms with Gasteiger partial charge in [0.25, 0.3) is 5.56 Å². The maximum atomic E-state index is 11.4. The van der Waals surface area contributed by atoms with Crippen molar-refractivity contribution in [3.8, 4) is 0 Å². The fourth-order valence-corrected chi connectivity index (χ4v) is 4.49. The molecule has 3 aliphatic rings. The number of fused-ring (bicyclic) bond motifs is 5. The first-order valence-electron chi connectivity index (χ1n) is 6.25. The lowest BCUT2D eigenvalue weighted by Crippen LogP contribution is -2.17. The van der Waals surface area contributed by atoms with Gasteiger partial charge >= 0.3 is 0 Å². The third-order valence-electron chi connectivity index (χ3n) is 4.84. The van der Waals surface area contributed by atoms with Gasteiger partial charge in [0.2, 0.25) is 0 Å². The Morgan fingerprint density at radius 1 is 1.35 bits per heavy atom. The largest absolute Gasteiger partial charge is 0.366 e. The minimum atomic E-state index is -0.115. The monoisotopic (exact) mass is 295 g/mol. The number of rotatable bonds is 2. The zero-order chi connectivity index (χ0) is 11.6. The smallest absolute Gasteiger partial charge is 0.267 e. The molecule has 4 rings (SSSR count). The number of hydrogen-bond donors (Lipinski definition) is 2. The summed E-state index contributed by atoms with van der Waals surface area (Å²) in [6.45, 7) is 0. The Balaban J connectivity index is 1.56. The first-order chi connectivity index (χ1) is 8.25. The molecule has 3 aliphatic carbocycles. The number of aromatic nitrogens is 2. The van der Waals surface area contributed by atoms with Gasteiger partial charge in [0.05, 0.1) is 6.33 Å². The van der Waals surface area contributed by atoms with Crippen molar-refractivity contribution in [1.29, 1.82) is 0 Å². The molecule has 0 radical (unpaired) electrons. The van der Waals surface area contributed by atoms with Gasteiger partial charge in [-0.05, 0) is 58.9 Å². The second-order valence-corrected chi connectivity index (χ2v) is 6.35. The van der Waals surface area contributed by atoms with Crippen molar-refractivity contribution in [2.24, 2.45) is 23.7 Å². The number of nitrogens with one attached hydrogen (secondary N) is 2. The normalized spacial score (nSPS) is 41.4. The molecule has 4 unspecified atom stereocenters. The third kappa shape index (κ3) is 1.35. The number of hydrogen-bond acceptors (Lipinski definition) is 3. The van der Waals surface area contributed by atoms with Crippen LogP contribution in [0.25, 0.3) is 0 Å². The predicted octanol–water partition coefficient (Wildman–Crippen LogP) is 1.99. The molecule has 1 heterocycles. The van der Waals surface area contributed by atoms with Crippen LogP contribution in [0.1, 0.15) is 19.3 Å². The Morgan fingerprint density at radius 2 is 2.06 bits per heavy atom. The van der Waals surface area contributed by atoms with Crippen LogP contribution in [0.15, 0.2) is 15.6 Å². The highest BCUT2D eigenvalue weighted by Gasteiger charge is 2.65. The Labute approximate surface area is 107 Å². The molecule has 0 aromatic carbocycles. The first kappa shape index (κ1) is 10.1. The second-order valence-electron chi connectivity index (χ2n) is 5.55. The molecule has 0 saturated heterocycles. The molecular weight excluding hydrogens is 282 g/mol. The Hall–Kier alpha value is -0.840. The number of aromatic amines is 1. The van der Waals surface area contributed by atoms with E-state index in [2.05, 4.69) is 31.2 Å². The van der Waals surface area contributed by atoms with Crippen LogP contribution in [0, 0.1) is 23.7 Å². The van der Waals surface area contributed by atoms with E-state index in [1.165, 1.54) is 25.6 Å². The van der Waals surface area contributed by atoms with Crippen molar-refractivity contribution < 1.29 is 0 Å². The van der Waals surface area contributed by atoms with E-state index in [1.54, 1.807) is 0 Å². The molecule has 4 nitrogen and oxygen atoms in total. The van der Waals surface area contributed by atoms with Gasteiger partial charge in [-0.2, -0.15) is 0 Å². The number of anilines is 1. The molecule has 2 bridgehead atoms. The number of H-pyrrole nitrogens is 1. The van der Waals surface area contributed by atoms with Crippen LogP contribution in [0.3, 0.4) is 0 Å². The van der Waals surface area contributed by atoms with Crippen molar-refractivity contribution >= 4 is 21.7 Å². The Bertz CT molecular complexity index is 513. The molecule has 2 N–H and O–H groups in total. The molecule has 5 heteroatoms. The lowest BCUT2D eigenvalue weighted by Gasteiger charge is -2.11. The van der Waals surface area contributed by atoms with Gasteiger partial charge in [0, 0.05) is 6.04 Å². The van der Waals surface area contributed by atoms with Crippen molar-refractivity contribution in [2.75, 3.05) is 5.32 Å². The molecule has 0 amide bonds. The van der Waals surface area contributed by atoms with Crippen molar-refractivity contribution in [1.82, 2.24) is 9.97 Å². The van der Waals surface area contributed by atoms with Crippen LogP contribution in [0.2, 0.25) is 0 Å². The van der Waals surface area contributed by atoms with Crippen LogP contribution >= 0.6 is 15.9 Å². The summed E-state index contributed by atoms with van der Waals surface area (Å²) >= 11 is 3.29. The van der Waals surface area contributed by atoms with E-state index in [-0.39, 0.29) is 5.56 Å². The zero-order valence-electron chi connectivity index (χ0n) is 9.32. The summed E-state index contributed by atoms with van der Waals surface area (Å²) in [6, 6.07) is 0.562. The molecule has 0 spiro atoms. The van der Waals surface area contributed by atoms with E-state index in [9.17, 15) is 4.79 Å². The molecule has 17 heavy (non-hydrogen) atoms. The molecule has 3 fully saturated rings. The highest BCUT2D eigenvalue weighted by Crippen LogP contribution is 2.66. The quantitative estimate of drug-likeness (QED) is 0.877. The van der Waals surface area contributed by atoms with Gasteiger partial charge in [-0.15, -0.1) is 0 Å². The van der Waals surface area contributed by atoms with Gasteiger partial charge < -0.3 is 10.3 Å². The van der Waals surface area contributed by atoms with E-state index in [0.29, 0.717) is 16.3 Å². The summed E-state index contributed by atoms with van der Waals surface area (Å²) in [4.78, 5) is 18.2. The van der Waals surface area contributed by atoms with Gasteiger partial charge in [-0.3, -0.25) is 4.79 Å². The zero-order valence-corrected chi connectivity index (χ0v) is 10.9.